The number of hydrogen-bond donors (Lipinski definition) is 0. The highest BCUT2D eigenvalue weighted by Crippen LogP contribution is 2.27. The van der Waals surface area contributed by atoms with Crippen molar-refractivity contribution in [3.05, 3.63) is 63.7 Å². The Balaban J connectivity index is 2.16. The van der Waals surface area contributed by atoms with Gasteiger partial charge in [-0.2, -0.15) is 8.42 Å². The average Bonchev–Trinajstić information content (AvgIpc) is 2.59. The molecule has 0 unspecified atom stereocenters. The van der Waals surface area contributed by atoms with Crippen LogP contribution in [0, 0.1) is 17.0 Å². The first-order valence-electron chi connectivity index (χ1n) is 7.06. The predicted molar refractivity (Wildman–Crippen MR) is 88.3 cm³/mol. The number of rotatable bonds is 7. The number of carbonyl (C=O) groups is 1. The molecule has 0 fully saturated rings. The van der Waals surface area contributed by atoms with Crippen LogP contribution in [-0.4, -0.2) is 32.8 Å². The molecule has 0 aliphatic heterocycles. The van der Waals surface area contributed by atoms with Crippen molar-refractivity contribution < 1.29 is 27.1 Å². The Hall–Kier alpha value is -2.78. The molecular weight excluding hydrogens is 350 g/mol. The zero-order valence-electron chi connectivity index (χ0n) is 13.5. The minimum Gasteiger partial charge on any atom is -0.490 e. The van der Waals surface area contributed by atoms with E-state index in [1.807, 2.05) is 0 Å². The minimum absolute atomic E-state index is 0.00487. The van der Waals surface area contributed by atoms with Crippen molar-refractivity contribution in [2.24, 2.45) is 0 Å². The summed E-state index contributed by atoms with van der Waals surface area (Å²) in [5.41, 5.74) is 0.432. The van der Waals surface area contributed by atoms with Crippen LogP contribution in [0.5, 0.6) is 5.75 Å². The van der Waals surface area contributed by atoms with Gasteiger partial charge >= 0.3 is 5.69 Å². The number of carbonyl (C=O) groups excluding carboxylic acids is 1. The molecule has 8 nitrogen and oxygen atoms in total. The predicted octanol–water partition coefficient (Wildman–Crippen LogP) is 2.50. The number of nitro benzene ring substituents is 1. The van der Waals surface area contributed by atoms with Gasteiger partial charge in [0.05, 0.1) is 16.9 Å². The molecule has 132 valence electrons. The van der Waals surface area contributed by atoms with E-state index in [2.05, 4.69) is 0 Å². The number of nitro groups is 1. The van der Waals surface area contributed by atoms with Crippen LogP contribution >= 0.6 is 0 Å². The molecule has 0 aliphatic carbocycles. The molecule has 0 aliphatic rings. The molecule has 2 rings (SSSR count). The number of hydrogen-bond acceptors (Lipinski definition) is 7. The van der Waals surface area contributed by atoms with E-state index in [1.165, 1.54) is 31.4 Å². The van der Waals surface area contributed by atoms with Gasteiger partial charge in [0.2, 0.25) is 0 Å². The van der Waals surface area contributed by atoms with Gasteiger partial charge in [-0.15, -0.1) is 0 Å². The highest BCUT2D eigenvalue weighted by molar-refractivity contribution is 7.86. The average molecular weight is 365 g/mol. The molecule has 0 saturated carbocycles. The Kier molecular flexibility index (Phi) is 5.50. The van der Waals surface area contributed by atoms with Crippen molar-refractivity contribution in [3.63, 3.8) is 0 Å². The molecule has 0 aromatic heterocycles. The van der Waals surface area contributed by atoms with Gasteiger partial charge in [-0.3, -0.25) is 19.1 Å². The summed E-state index contributed by atoms with van der Waals surface area (Å²) in [6.45, 7) is 1.04. The maximum atomic E-state index is 12.1. The normalized spacial score (nSPS) is 11.1. The number of benzene rings is 2. The standard InChI is InChI=1S/C16H15NO7S/c1-11-3-6-13(7-4-11)25(21,22)24-10-15(18)12-5-8-16(23-2)14(9-12)17(19)20/h3-9H,10H2,1-2H3. The van der Waals surface area contributed by atoms with Crippen LogP contribution < -0.4 is 4.74 Å². The van der Waals surface area contributed by atoms with Gasteiger partial charge in [-0.25, -0.2) is 0 Å². The lowest BCUT2D eigenvalue weighted by Crippen LogP contribution is -2.15. The fraction of sp³-hybridized carbons (Fsp3) is 0.188. The Bertz CT molecular complexity index is 905. The monoisotopic (exact) mass is 365 g/mol. The van der Waals surface area contributed by atoms with Gasteiger partial charge in [-0.1, -0.05) is 17.7 Å². The van der Waals surface area contributed by atoms with Gasteiger partial charge < -0.3 is 4.74 Å². The maximum absolute atomic E-state index is 12.1. The van der Waals surface area contributed by atoms with Crippen molar-refractivity contribution in [1.82, 2.24) is 0 Å². The lowest BCUT2D eigenvalue weighted by atomic mass is 10.1. The number of methoxy groups -OCH3 is 1. The van der Waals surface area contributed by atoms with Crippen molar-refractivity contribution in [1.29, 1.82) is 0 Å². The summed E-state index contributed by atoms with van der Waals surface area (Å²) in [6.07, 6.45) is 0. The van der Waals surface area contributed by atoms with Crippen LogP contribution in [0.1, 0.15) is 15.9 Å². The van der Waals surface area contributed by atoms with Gasteiger partial charge in [0.1, 0.15) is 6.61 Å². The molecule has 0 radical (unpaired) electrons. The molecular formula is C16H15NO7S. The molecule has 0 heterocycles. The van der Waals surface area contributed by atoms with Crippen molar-refractivity contribution in [3.8, 4) is 5.75 Å². The van der Waals surface area contributed by atoms with E-state index in [0.29, 0.717) is 0 Å². The molecule has 0 N–H and O–H groups in total. The molecule has 25 heavy (non-hydrogen) atoms. The molecule has 9 heteroatoms. The second-order valence-corrected chi connectivity index (χ2v) is 6.71. The first-order valence-corrected chi connectivity index (χ1v) is 8.47. The summed E-state index contributed by atoms with van der Waals surface area (Å²) < 4.78 is 33.7. The van der Waals surface area contributed by atoms with Crippen LogP contribution in [0.25, 0.3) is 0 Å². The fourth-order valence-electron chi connectivity index (χ4n) is 1.99. The molecule has 2 aromatic carbocycles. The van der Waals surface area contributed by atoms with Gasteiger partial charge in [0.25, 0.3) is 10.1 Å². The zero-order valence-corrected chi connectivity index (χ0v) is 14.3. The lowest BCUT2D eigenvalue weighted by Gasteiger charge is -2.07. The number of Topliss-reactive ketones (excluding diaryl/α,β-unsaturated/α-hetero) is 1. The summed E-state index contributed by atoms with van der Waals surface area (Å²) in [5, 5.41) is 11.0. The van der Waals surface area contributed by atoms with E-state index in [1.54, 1.807) is 19.1 Å². The van der Waals surface area contributed by atoms with Crippen LogP contribution in [0.2, 0.25) is 0 Å². The largest absolute Gasteiger partial charge is 0.490 e. The third kappa shape index (κ3) is 4.40. The molecule has 0 bridgehead atoms. The maximum Gasteiger partial charge on any atom is 0.311 e. The Morgan fingerprint density at radius 2 is 1.80 bits per heavy atom. The summed E-state index contributed by atoms with van der Waals surface area (Å²) in [4.78, 5) is 22.3. The molecule has 0 spiro atoms. The lowest BCUT2D eigenvalue weighted by molar-refractivity contribution is -0.385. The second kappa shape index (κ2) is 7.41. The van der Waals surface area contributed by atoms with E-state index < -0.39 is 33.1 Å². The van der Waals surface area contributed by atoms with Crippen LogP contribution in [0.4, 0.5) is 5.69 Å². The number of aryl methyl sites for hydroxylation is 1. The Labute approximate surface area is 144 Å². The third-order valence-electron chi connectivity index (χ3n) is 3.35. The smallest absolute Gasteiger partial charge is 0.311 e. The van der Waals surface area contributed by atoms with Crippen molar-refractivity contribution in [2.45, 2.75) is 11.8 Å². The molecule has 0 amide bonds. The molecule has 0 atom stereocenters. The minimum atomic E-state index is -4.10. The van der Waals surface area contributed by atoms with Crippen LogP contribution in [0.3, 0.4) is 0 Å². The van der Waals surface area contributed by atoms with Gasteiger partial charge in [-0.05, 0) is 31.2 Å². The van der Waals surface area contributed by atoms with Crippen molar-refractivity contribution >= 4 is 21.6 Å². The third-order valence-corrected chi connectivity index (χ3v) is 4.63. The second-order valence-electron chi connectivity index (χ2n) is 5.10. The topological polar surface area (TPSA) is 113 Å². The molecule has 0 saturated heterocycles. The Morgan fingerprint density at radius 1 is 1.16 bits per heavy atom. The number of ketones is 1. The quantitative estimate of drug-likeness (QED) is 0.320. The van der Waals surface area contributed by atoms with Crippen LogP contribution in [0.15, 0.2) is 47.4 Å². The summed E-state index contributed by atoms with van der Waals surface area (Å²) >= 11 is 0. The SMILES string of the molecule is COc1ccc(C(=O)COS(=O)(=O)c2ccc(C)cc2)cc1[N+](=O)[O-]. The summed E-state index contributed by atoms with van der Waals surface area (Å²) in [5.74, 6) is -0.712. The number of nitrogens with zero attached hydrogens (tertiary/aromatic N) is 1. The van der Waals surface area contributed by atoms with E-state index >= 15 is 0 Å². The highest BCUT2D eigenvalue weighted by atomic mass is 32.2. The van der Waals surface area contributed by atoms with E-state index in [4.69, 9.17) is 8.92 Å². The summed E-state index contributed by atoms with van der Waals surface area (Å²) in [7, 11) is -2.83. The van der Waals surface area contributed by atoms with E-state index in [9.17, 15) is 23.3 Å². The highest BCUT2D eigenvalue weighted by Gasteiger charge is 2.21. The zero-order chi connectivity index (χ0) is 18.6. The van der Waals surface area contributed by atoms with Gasteiger partial charge in [0.15, 0.2) is 11.5 Å². The fourth-order valence-corrected chi connectivity index (χ4v) is 2.86. The van der Waals surface area contributed by atoms with E-state index in [-0.39, 0.29) is 16.2 Å². The summed E-state index contributed by atoms with van der Waals surface area (Å²) in [6, 6.07) is 9.52. The molecule has 2 aromatic rings. The van der Waals surface area contributed by atoms with E-state index in [0.717, 1.165) is 11.6 Å². The first-order chi connectivity index (χ1) is 11.7. The van der Waals surface area contributed by atoms with Gasteiger partial charge in [0, 0.05) is 11.6 Å². The Morgan fingerprint density at radius 3 is 2.36 bits per heavy atom. The first kappa shape index (κ1) is 18.6. The number of ether oxygens (including phenoxy) is 1. The van der Waals surface area contributed by atoms with Crippen molar-refractivity contribution in [2.75, 3.05) is 13.7 Å². The van der Waals surface area contributed by atoms with Crippen LogP contribution in [-0.2, 0) is 14.3 Å².